The third kappa shape index (κ3) is 3.01. The summed E-state index contributed by atoms with van der Waals surface area (Å²) >= 11 is 1.28. The van der Waals surface area contributed by atoms with Crippen LogP contribution in [0.15, 0.2) is 18.2 Å². The molecule has 2 heterocycles. The van der Waals surface area contributed by atoms with E-state index in [0.29, 0.717) is 22.5 Å². The van der Waals surface area contributed by atoms with Crippen molar-refractivity contribution in [2.24, 2.45) is 0 Å². The number of nitrogens with one attached hydrogen (secondary N) is 1. The van der Waals surface area contributed by atoms with Gasteiger partial charge in [-0.05, 0) is 37.5 Å². The summed E-state index contributed by atoms with van der Waals surface area (Å²) in [5.41, 5.74) is 6.31. The molecule has 1 fully saturated rings. The SMILES string of the molecule is Nc1c(C(=O)NCC2CCCCO2)sc2ccc(F)cc12. The minimum absolute atomic E-state index is 0.0794. The summed E-state index contributed by atoms with van der Waals surface area (Å²) in [4.78, 5) is 12.7. The summed E-state index contributed by atoms with van der Waals surface area (Å²) in [7, 11) is 0. The topological polar surface area (TPSA) is 64.4 Å². The van der Waals surface area contributed by atoms with Gasteiger partial charge in [0, 0.05) is 23.2 Å². The summed E-state index contributed by atoms with van der Waals surface area (Å²) in [5.74, 6) is -0.571. The van der Waals surface area contributed by atoms with E-state index in [-0.39, 0.29) is 17.8 Å². The highest BCUT2D eigenvalue weighted by Gasteiger charge is 2.19. The molecule has 0 saturated carbocycles. The zero-order chi connectivity index (χ0) is 14.8. The number of rotatable bonds is 3. The quantitative estimate of drug-likeness (QED) is 0.916. The Bertz CT molecular complexity index is 665. The normalized spacial score (nSPS) is 18.8. The van der Waals surface area contributed by atoms with E-state index in [2.05, 4.69) is 5.32 Å². The Morgan fingerprint density at radius 1 is 1.48 bits per heavy atom. The maximum atomic E-state index is 13.2. The van der Waals surface area contributed by atoms with E-state index >= 15 is 0 Å². The largest absolute Gasteiger partial charge is 0.397 e. The second kappa shape index (κ2) is 5.99. The minimum atomic E-state index is -0.352. The summed E-state index contributed by atoms with van der Waals surface area (Å²) in [5, 5.41) is 3.45. The summed E-state index contributed by atoms with van der Waals surface area (Å²) in [6, 6.07) is 4.38. The molecule has 1 aromatic heterocycles. The third-order valence-electron chi connectivity index (χ3n) is 3.66. The van der Waals surface area contributed by atoms with Crippen molar-refractivity contribution in [2.75, 3.05) is 18.9 Å². The monoisotopic (exact) mass is 308 g/mol. The molecule has 0 spiro atoms. The third-order valence-corrected chi connectivity index (χ3v) is 4.84. The molecule has 3 rings (SSSR count). The fourth-order valence-electron chi connectivity index (χ4n) is 2.51. The average Bonchev–Trinajstić information content (AvgIpc) is 2.83. The van der Waals surface area contributed by atoms with Gasteiger partial charge in [-0.15, -0.1) is 11.3 Å². The van der Waals surface area contributed by atoms with Crippen LogP contribution in [0.1, 0.15) is 28.9 Å². The summed E-state index contributed by atoms with van der Waals surface area (Å²) < 4.78 is 19.6. The van der Waals surface area contributed by atoms with Gasteiger partial charge in [0.15, 0.2) is 0 Å². The van der Waals surface area contributed by atoms with Crippen LogP contribution in [0.5, 0.6) is 0 Å². The zero-order valence-electron chi connectivity index (χ0n) is 11.5. The van der Waals surface area contributed by atoms with Crippen molar-refractivity contribution in [3.8, 4) is 0 Å². The van der Waals surface area contributed by atoms with Crippen LogP contribution < -0.4 is 11.1 Å². The van der Waals surface area contributed by atoms with Crippen molar-refractivity contribution < 1.29 is 13.9 Å². The summed E-state index contributed by atoms with van der Waals surface area (Å²) in [6.07, 6.45) is 3.26. The fourth-order valence-corrected chi connectivity index (χ4v) is 3.53. The average molecular weight is 308 g/mol. The fraction of sp³-hybridized carbons (Fsp3) is 0.400. The first-order valence-electron chi connectivity index (χ1n) is 7.02. The van der Waals surface area contributed by atoms with E-state index in [0.717, 1.165) is 30.6 Å². The van der Waals surface area contributed by atoms with Crippen LogP contribution in [0.4, 0.5) is 10.1 Å². The van der Waals surface area contributed by atoms with E-state index in [1.165, 1.54) is 23.5 Å². The Morgan fingerprint density at radius 2 is 2.33 bits per heavy atom. The molecule has 112 valence electrons. The number of thiophene rings is 1. The Morgan fingerprint density at radius 3 is 3.10 bits per heavy atom. The zero-order valence-corrected chi connectivity index (χ0v) is 12.3. The number of nitrogen functional groups attached to an aromatic ring is 1. The predicted molar refractivity (Wildman–Crippen MR) is 82.1 cm³/mol. The number of benzene rings is 1. The van der Waals surface area contributed by atoms with Crippen LogP contribution in [0.3, 0.4) is 0 Å². The van der Waals surface area contributed by atoms with E-state index in [1.807, 2.05) is 0 Å². The second-order valence-corrected chi connectivity index (χ2v) is 6.24. The van der Waals surface area contributed by atoms with E-state index in [9.17, 15) is 9.18 Å². The molecule has 1 unspecified atom stereocenters. The van der Waals surface area contributed by atoms with Gasteiger partial charge >= 0.3 is 0 Å². The van der Waals surface area contributed by atoms with Gasteiger partial charge in [0.25, 0.3) is 5.91 Å². The van der Waals surface area contributed by atoms with Gasteiger partial charge in [-0.25, -0.2) is 4.39 Å². The molecule has 1 aliphatic heterocycles. The van der Waals surface area contributed by atoms with Crippen molar-refractivity contribution >= 4 is 33.0 Å². The molecule has 1 aromatic carbocycles. The molecule has 4 nitrogen and oxygen atoms in total. The first-order valence-corrected chi connectivity index (χ1v) is 7.84. The molecule has 0 radical (unpaired) electrons. The van der Waals surface area contributed by atoms with Crippen molar-refractivity contribution in [1.82, 2.24) is 5.32 Å². The van der Waals surface area contributed by atoms with Crippen LogP contribution in [0.2, 0.25) is 0 Å². The van der Waals surface area contributed by atoms with Gasteiger partial charge in [0.1, 0.15) is 10.7 Å². The number of hydrogen-bond acceptors (Lipinski definition) is 4. The van der Waals surface area contributed by atoms with Gasteiger partial charge in [-0.3, -0.25) is 4.79 Å². The maximum absolute atomic E-state index is 13.2. The lowest BCUT2D eigenvalue weighted by atomic mass is 10.1. The van der Waals surface area contributed by atoms with Crippen molar-refractivity contribution in [1.29, 1.82) is 0 Å². The molecule has 1 amide bonds. The van der Waals surface area contributed by atoms with Crippen molar-refractivity contribution in [3.05, 3.63) is 28.9 Å². The number of anilines is 1. The molecule has 1 aliphatic rings. The van der Waals surface area contributed by atoms with Gasteiger partial charge in [0.05, 0.1) is 11.8 Å². The van der Waals surface area contributed by atoms with E-state index in [4.69, 9.17) is 10.5 Å². The number of fused-ring (bicyclic) bond motifs is 1. The summed E-state index contributed by atoms with van der Waals surface area (Å²) in [6.45, 7) is 1.24. The predicted octanol–water partition coefficient (Wildman–Crippen LogP) is 2.92. The van der Waals surface area contributed by atoms with Gasteiger partial charge < -0.3 is 15.8 Å². The van der Waals surface area contributed by atoms with Crippen LogP contribution in [0.25, 0.3) is 10.1 Å². The minimum Gasteiger partial charge on any atom is -0.397 e. The van der Waals surface area contributed by atoms with E-state index in [1.54, 1.807) is 6.07 Å². The Hall–Kier alpha value is -1.66. The standard InChI is InChI=1S/C15H17FN2O2S/c16-9-4-5-12-11(7-9)13(17)14(21-12)15(19)18-8-10-3-1-2-6-20-10/h4-5,7,10H,1-3,6,8,17H2,(H,18,19). The first kappa shape index (κ1) is 14.3. The molecule has 1 saturated heterocycles. The van der Waals surface area contributed by atoms with Crippen LogP contribution >= 0.6 is 11.3 Å². The Balaban J connectivity index is 1.73. The first-order chi connectivity index (χ1) is 10.1. The smallest absolute Gasteiger partial charge is 0.263 e. The van der Waals surface area contributed by atoms with Crippen LogP contribution in [-0.2, 0) is 4.74 Å². The highest BCUT2D eigenvalue weighted by molar-refractivity contribution is 7.21. The van der Waals surface area contributed by atoms with Gasteiger partial charge in [0.2, 0.25) is 0 Å². The number of carbonyl (C=O) groups is 1. The number of ether oxygens (including phenoxy) is 1. The molecule has 3 N–H and O–H groups in total. The Kier molecular flexibility index (Phi) is 4.07. The number of hydrogen-bond donors (Lipinski definition) is 2. The molecule has 2 aromatic rings. The number of halogens is 1. The molecule has 1 atom stereocenters. The highest BCUT2D eigenvalue weighted by atomic mass is 32.1. The van der Waals surface area contributed by atoms with Gasteiger partial charge in [-0.1, -0.05) is 0 Å². The lowest BCUT2D eigenvalue weighted by molar-refractivity contribution is 0.0169. The molecule has 6 heteroatoms. The van der Waals surface area contributed by atoms with Crippen LogP contribution in [0, 0.1) is 5.82 Å². The Labute approximate surface area is 126 Å². The van der Waals surface area contributed by atoms with Crippen molar-refractivity contribution in [3.63, 3.8) is 0 Å². The molecule has 21 heavy (non-hydrogen) atoms. The maximum Gasteiger partial charge on any atom is 0.263 e. The molecular formula is C15H17FN2O2S. The van der Waals surface area contributed by atoms with Crippen molar-refractivity contribution in [2.45, 2.75) is 25.4 Å². The number of amides is 1. The second-order valence-electron chi connectivity index (χ2n) is 5.18. The molecular weight excluding hydrogens is 291 g/mol. The number of nitrogens with two attached hydrogens (primary N) is 1. The highest BCUT2D eigenvalue weighted by Crippen LogP contribution is 2.33. The van der Waals surface area contributed by atoms with E-state index < -0.39 is 0 Å². The number of carbonyl (C=O) groups excluding carboxylic acids is 1. The lowest BCUT2D eigenvalue weighted by Crippen LogP contribution is -2.35. The van der Waals surface area contributed by atoms with Gasteiger partial charge in [-0.2, -0.15) is 0 Å². The lowest BCUT2D eigenvalue weighted by Gasteiger charge is -2.22. The van der Waals surface area contributed by atoms with Crippen LogP contribution in [-0.4, -0.2) is 25.2 Å². The molecule has 0 bridgehead atoms. The molecule has 0 aliphatic carbocycles.